The number of ether oxygens (including phenoxy) is 4. The molecule has 0 aliphatic carbocycles. The number of epoxide rings is 2. The van der Waals surface area contributed by atoms with E-state index in [1.807, 2.05) is 55.6 Å². The summed E-state index contributed by atoms with van der Waals surface area (Å²) < 4.78 is 20.4. The van der Waals surface area contributed by atoms with Crippen molar-refractivity contribution in [2.75, 3.05) is 26.4 Å². The van der Waals surface area contributed by atoms with Crippen LogP contribution in [0.5, 0.6) is 0 Å². The average Bonchev–Trinajstić information content (AvgIpc) is 3.87. The normalized spacial score (nSPS) is 18.7. The Kier molecular flexibility index (Phi) is 9.50. The average molecular weight is 515 g/mol. The van der Waals surface area contributed by atoms with E-state index < -0.39 is 5.97 Å². The molecule has 2 saturated heterocycles. The molecular weight excluding hydrogens is 484 g/mol. The summed E-state index contributed by atoms with van der Waals surface area (Å²) in [6.45, 7) is 7.48. The molecule has 0 amide bonds. The molecule has 8 nitrogen and oxygen atoms in total. The summed E-state index contributed by atoms with van der Waals surface area (Å²) in [6.07, 6.45) is 9.51. The zero-order valence-corrected chi connectivity index (χ0v) is 21.2. The number of hydrogen-bond acceptors (Lipinski definition) is 8. The number of carbonyl (C=O) groups excluding carboxylic acids is 2. The van der Waals surface area contributed by atoms with Crippen LogP contribution in [-0.4, -0.2) is 63.0 Å². The van der Waals surface area contributed by atoms with Crippen molar-refractivity contribution in [1.29, 1.82) is 0 Å². The van der Waals surface area contributed by atoms with Gasteiger partial charge in [-0.3, -0.25) is 9.98 Å². The molecule has 2 aliphatic rings. The van der Waals surface area contributed by atoms with Crippen LogP contribution in [0.3, 0.4) is 0 Å². The fraction of sp³-hybridized carbons (Fsp3) is 0.267. The predicted molar refractivity (Wildman–Crippen MR) is 146 cm³/mol. The lowest BCUT2D eigenvalue weighted by Crippen LogP contribution is -2.10. The van der Waals surface area contributed by atoms with E-state index in [0.29, 0.717) is 31.8 Å². The molecule has 196 valence electrons. The van der Waals surface area contributed by atoms with Crippen molar-refractivity contribution >= 4 is 35.7 Å². The largest absolute Gasteiger partial charge is 0.459 e. The Balaban J connectivity index is 1.22. The van der Waals surface area contributed by atoms with E-state index in [2.05, 4.69) is 16.6 Å². The number of hydrogen-bond donors (Lipinski definition) is 0. The van der Waals surface area contributed by atoms with Gasteiger partial charge in [0.2, 0.25) is 0 Å². The highest BCUT2D eigenvalue weighted by Gasteiger charge is 2.25. The van der Waals surface area contributed by atoms with E-state index in [1.54, 1.807) is 30.5 Å². The molecule has 0 radical (unpaired) electrons. The van der Waals surface area contributed by atoms with Gasteiger partial charge in [-0.1, -0.05) is 30.9 Å². The van der Waals surface area contributed by atoms with Gasteiger partial charge in [0.1, 0.15) is 25.4 Å². The van der Waals surface area contributed by atoms with Crippen LogP contribution in [0.25, 0.3) is 0 Å². The SMILES string of the molecule is C=C(\C=C/C(/C=N/c1ccc(N=CCc2ccc(C(=O)OCC3CO3)cc2)cc1)=C\C)C(=O)OCC1CO1. The van der Waals surface area contributed by atoms with Gasteiger partial charge in [0, 0.05) is 18.9 Å². The molecule has 2 aromatic rings. The van der Waals surface area contributed by atoms with Crippen LogP contribution in [0.15, 0.2) is 94.5 Å². The third-order valence-corrected chi connectivity index (χ3v) is 5.65. The first kappa shape index (κ1) is 26.9. The summed E-state index contributed by atoms with van der Waals surface area (Å²) >= 11 is 0. The third-order valence-electron chi connectivity index (χ3n) is 5.65. The van der Waals surface area contributed by atoms with Crippen LogP contribution >= 0.6 is 0 Å². The molecule has 38 heavy (non-hydrogen) atoms. The Morgan fingerprint density at radius 3 is 2.13 bits per heavy atom. The van der Waals surface area contributed by atoms with Crippen LogP contribution in [0.2, 0.25) is 0 Å². The number of aliphatic imine (C=N–C) groups is 2. The quantitative estimate of drug-likeness (QED) is 0.124. The molecule has 2 heterocycles. The molecule has 2 aromatic carbocycles. The maximum absolute atomic E-state index is 12.0. The molecule has 4 rings (SSSR count). The lowest BCUT2D eigenvalue weighted by Gasteiger charge is -2.03. The van der Waals surface area contributed by atoms with Crippen LogP contribution < -0.4 is 0 Å². The van der Waals surface area contributed by atoms with Crippen molar-refractivity contribution in [2.24, 2.45) is 9.98 Å². The number of esters is 2. The predicted octanol–water partition coefficient (Wildman–Crippen LogP) is 4.89. The second-order valence-electron chi connectivity index (χ2n) is 8.74. The van der Waals surface area contributed by atoms with Crippen molar-refractivity contribution in [3.63, 3.8) is 0 Å². The van der Waals surface area contributed by atoms with Crippen molar-refractivity contribution in [2.45, 2.75) is 25.6 Å². The van der Waals surface area contributed by atoms with Gasteiger partial charge in [-0.15, -0.1) is 0 Å². The molecule has 8 heteroatoms. The lowest BCUT2D eigenvalue weighted by atomic mass is 10.1. The fourth-order valence-electron chi connectivity index (χ4n) is 3.13. The number of carbonyl (C=O) groups is 2. The van der Waals surface area contributed by atoms with Crippen molar-refractivity contribution in [3.8, 4) is 0 Å². The van der Waals surface area contributed by atoms with Gasteiger partial charge < -0.3 is 18.9 Å². The van der Waals surface area contributed by atoms with E-state index in [1.165, 1.54) is 0 Å². The molecular formula is C30H30N2O6. The number of allylic oxidation sites excluding steroid dienone is 3. The maximum Gasteiger partial charge on any atom is 0.338 e. The van der Waals surface area contributed by atoms with E-state index in [0.717, 1.165) is 22.5 Å². The smallest absolute Gasteiger partial charge is 0.338 e. The highest BCUT2D eigenvalue weighted by atomic mass is 16.6. The van der Waals surface area contributed by atoms with E-state index in [4.69, 9.17) is 18.9 Å². The highest BCUT2D eigenvalue weighted by Crippen LogP contribution is 2.19. The zero-order valence-electron chi connectivity index (χ0n) is 21.2. The summed E-state index contributed by atoms with van der Waals surface area (Å²) in [4.78, 5) is 32.9. The maximum atomic E-state index is 12.0. The van der Waals surface area contributed by atoms with Gasteiger partial charge >= 0.3 is 11.9 Å². The minimum atomic E-state index is -0.461. The number of nitrogens with zero attached hydrogens (tertiary/aromatic N) is 2. The fourth-order valence-corrected chi connectivity index (χ4v) is 3.13. The Morgan fingerprint density at radius 1 is 0.921 bits per heavy atom. The monoisotopic (exact) mass is 514 g/mol. The van der Waals surface area contributed by atoms with Gasteiger partial charge in [-0.05, 0) is 60.5 Å². The highest BCUT2D eigenvalue weighted by molar-refractivity contribution is 5.92. The van der Waals surface area contributed by atoms with Crippen molar-refractivity contribution in [3.05, 3.63) is 95.6 Å². The summed E-state index contributed by atoms with van der Waals surface area (Å²) in [5.41, 5.74) is 4.23. The van der Waals surface area contributed by atoms with E-state index in [9.17, 15) is 9.59 Å². The third kappa shape index (κ3) is 9.06. The van der Waals surface area contributed by atoms with Gasteiger partial charge in [-0.2, -0.15) is 0 Å². The summed E-state index contributed by atoms with van der Waals surface area (Å²) in [5, 5.41) is 0. The second kappa shape index (κ2) is 13.4. The van der Waals surface area contributed by atoms with Gasteiger partial charge in [-0.25, -0.2) is 9.59 Å². The number of benzene rings is 2. The van der Waals surface area contributed by atoms with Crippen molar-refractivity contribution in [1.82, 2.24) is 0 Å². The standard InChI is InChI=1S/C30H30N2O6/c1-3-22(5-4-21(2)29(33)37-19-27-17-35-27)16-32-26-12-10-25(11-13-26)31-15-14-23-6-8-24(9-7-23)30(34)38-20-28-18-36-28/h3-13,15-16,27-28H,2,14,17-20H2,1H3/b5-4-,22-3+,31-15?,32-16+. The summed E-state index contributed by atoms with van der Waals surface area (Å²) in [6, 6.07) is 14.8. The molecule has 2 aliphatic heterocycles. The second-order valence-corrected chi connectivity index (χ2v) is 8.74. The zero-order chi connectivity index (χ0) is 26.7. The van der Waals surface area contributed by atoms with Gasteiger partial charge in [0.05, 0.1) is 35.7 Å². The molecule has 0 saturated carbocycles. The Bertz CT molecular complexity index is 1250. The van der Waals surface area contributed by atoms with Gasteiger partial charge in [0.15, 0.2) is 0 Å². The Hall–Kier alpha value is -4.14. The first-order valence-corrected chi connectivity index (χ1v) is 12.4. The summed E-state index contributed by atoms with van der Waals surface area (Å²) in [5.74, 6) is -0.802. The first-order chi connectivity index (χ1) is 18.5. The molecule has 0 N–H and O–H groups in total. The molecule has 0 aromatic heterocycles. The molecule has 0 spiro atoms. The van der Waals surface area contributed by atoms with Crippen LogP contribution in [0.4, 0.5) is 11.4 Å². The first-order valence-electron chi connectivity index (χ1n) is 12.4. The van der Waals surface area contributed by atoms with Gasteiger partial charge in [0.25, 0.3) is 0 Å². The lowest BCUT2D eigenvalue weighted by molar-refractivity contribution is -0.139. The molecule has 2 fully saturated rings. The number of rotatable bonds is 13. The van der Waals surface area contributed by atoms with Crippen LogP contribution in [0, 0.1) is 0 Å². The minimum Gasteiger partial charge on any atom is -0.459 e. The van der Waals surface area contributed by atoms with E-state index in [-0.39, 0.29) is 30.4 Å². The van der Waals surface area contributed by atoms with E-state index >= 15 is 0 Å². The topological polar surface area (TPSA) is 102 Å². The molecule has 0 bridgehead atoms. The van der Waals surface area contributed by atoms with Crippen LogP contribution in [-0.2, 0) is 30.2 Å². The Morgan fingerprint density at radius 2 is 1.53 bits per heavy atom. The van der Waals surface area contributed by atoms with Crippen LogP contribution in [0.1, 0.15) is 22.8 Å². The molecule has 2 unspecified atom stereocenters. The van der Waals surface area contributed by atoms with Crippen molar-refractivity contribution < 1.29 is 28.5 Å². The molecule has 2 atom stereocenters. The summed E-state index contributed by atoms with van der Waals surface area (Å²) in [7, 11) is 0. The minimum absolute atomic E-state index is 0.0231. The Labute approximate surface area is 222 Å².